The van der Waals surface area contributed by atoms with Gasteiger partial charge in [0, 0.05) is 21.8 Å². The SMILES string of the molecule is Cc1ccc(-c2nc(C)cc(OCC(=O)Nc3ccc(C)cc3Br)n2)cc1. The van der Waals surface area contributed by atoms with Crippen molar-refractivity contribution < 1.29 is 9.53 Å². The lowest BCUT2D eigenvalue weighted by atomic mass is 10.1. The van der Waals surface area contributed by atoms with E-state index >= 15 is 0 Å². The van der Waals surface area contributed by atoms with Crippen LogP contribution in [0.1, 0.15) is 16.8 Å². The molecule has 0 spiro atoms. The van der Waals surface area contributed by atoms with Crippen LogP contribution in [0.2, 0.25) is 0 Å². The molecule has 3 rings (SSSR count). The van der Waals surface area contributed by atoms with Gasteiger partial charge in [-0.2, -0.15) is 4.98 Å². The van der Waals surface area contributed by atoms with E-state index in [0.717, 1.165) is 21.3 Å². The van der Waals surface area contributed by atoms with Crippen molar-refractivity contribution in [3.05, 3.63) is 69.8 Å². The number of hydrogen-bond donors (Lipinski definition) is 1. The molecule has 0 fully saturated rings. The van der Waals surface area contributed by atoms with Crippen LogP contribution in [0.5, 0.6) is 5.88 Å². The number of nitrogens with zero attached hydrogens (tertiary/aromatic N) is 2. The molecular weight excluding hydrogens is 406 g/mol. The zero-order chi connectivity index (χ0) is 19.4. The molecule has 3 aromatic rings. The van der Waals surface area contributed by atoms with Crippen molar-refractivity contribution >= 4 is 27.5 Å². The Kier molecular flexibility index (Phi) is 5.86. The van der Waals surface area contributed by atoms with E-state index in [-0.39, 0.29) is 12.5 Å². The molecule has 0 radical (unpaired) electrons. The Morgan fingerprint density at radius 1 is 1.00 bits per heavy atom. The van der Waals surface area contributed by atoms with E-state index in [1.807, 2.05) is 63.2 Å². The maximum absolute atomic E-state index is 12.2. The largest absolute Gasteiger partial charge is 0.467 e. The Hall–Kier alpha value is -2.73. The van der Waals surface area contributed by atoms with Gasteiger partial charge in [0.2, 0.25) is 5.88 Å². The fourth-order valence-corrected chi connectivity index (χ4v) is 3.09. The number of benzene rings is 2. The summed E-state index contributed by atoms with van der Waals surface area (Å²) in [6, 6.07) is 15.4. The predicted octanol–water partition coefficient (Wildman–Crippen LogP) is 4.85. The fraction of sp³-hybridized carbons (Fsp3) is 0.190. The summed E-state index contributed by atoms with van der Waals surface area (Å²) in [4.78, 5) is 21.1. The summed E-state index contributed by atoms with van der Waals surface area (Å²) >= 11 is 3.45. The molecule has 1 N–H and O–H groups in total. The highest BCUT2D eigenvalue weighted by Gasteiger charge is 2.10. The Morgan fingerprint density at radius 3 is 2.41 bits per heavy atom. The summed E-state index contributed by atoms with van der Waals surface area (Å²) in [5.74, 6) is 0.690. The summed E-state index contributed by atoms with van der Waals surface area (Å²) < 4.78 is 6.42. The number of amides is 1. The normalized spacial score (nSPS) is 10.5. The first kappa shape index (κ1) is 19.0. The Bertz CT molecular complexity index is 972. The van der Waals surface area contributed by atoms with Crippen molar-refractivity contribution in [2.24, 2.45) is 0 Å². The van der Waals surface area contributed by atoms with E-state index in [0.29, 0.717) is 17.4 Å². The van der Waals surface area contributed by atoms with Gasteiger partial charge in [-0.1, -0.05) is 35.9 Å². The molecule has 1 aromatic heterocycles. The molecule has 0 aliphatic carbocycles. The van der Waals surface area contributed by atoms with Gasteiger partial charge in [0.15, 0.2) is 12.4 Å². The number of ether oxygens (including phenoxy) is 1. The molecule has 0 bridgehead atoms. The molecule has 1 amide bonds. The van der Waals surface area contributed by atoms with Gasteiger partial charge in [0.05, 0.1) is 5.69 Å². The molecule has 5 nitrogen and oxygen atoms in total. The zero-order valence-electron chi connectivity index (χ0n) is 15.4. The third-order valence-electron chi connectivity index (χ3n) is 3.89. The summed E-state index contributed by atoms with van der Waals surface area (Å²) in [5.41, 5.74) is 4.66. The highest BCUT2D eigenvalue weighted by Crippen LogP contribution is 2.23. The van der Waals surface area contributed by atoms with Crippen LogP contribution in [0.4, 0.5) is 5.69 Å². The molecule has 2 aromatic carbocycles. The van der Waals surface area contributed by atoms with Gasteiger partial charge in [-0.05, 0) is 54.4 Å². The molecule has 0 saturated carbocycles. The van der Waals surface area contributed by atoms with Crippen LogP contribution in [0.3, 0.4) is 0 Å². The fourth-order valence-electron chi connectivity index (χ4n) is 2.49. The first-order valence-corrected chi connectivity index (χ1v) is 9.31. The Morgan fingerprint density at radius 2 is 1.70 bits per heavy atom. The van der Waals surface area contributed by atoms with Crippen molar-refractivity contribution in [1.82, 2.24) is 9.97 Å². The number of rotatable bonds is 5. The van der Waals surface area contributed by atoms with Crippen molar-refractivity contribution in [2.75, 3.05) is 11.9 Å². The summed E-state index contributed by atoms with van der Waals surface area (Å²) in [5, 5.41) is 2.82. The number of carbonyl (C=O) groups excluding carboxylic acids is 1. The smallest absolute Gasteiger partial charge is 0.262 e. The topological polar surface area (TPSA) is 64.1 Å². The van der Waals surface area contributed by atoms with Crippen LogP contribution in [-0.2, 0) is 4.79 Å². The first-order valence-electron chi connectivity index (χ1n) is 8.52. The number of carbonyl (C=O) groups is 1. The average molecular weight is 426 g/mol. The van der Waals surface area contributed by atoms with E-state index in [1.165, 1.54) is 5.56 Å². The predicted molar refractivity (Wildman–Crippen MR) is 110 cm³/mol. The van der Waals surface area contributed by atoms with Crippen LogP contribution in [0, 0.1) is 20.8 Å². The van der Waals surface area contributed by atoms with Crippen LogP contribution in [0.15, 0.2) is 53.0 Å². The average Bonchev–Trinajstić information content (AvgIpc) is 2.62. The Balaban J connectivity index is 1.68. The second-order valence-electron chi connectivity index (χ2n) is 6.36. The molecule has 0 aliphatic rings. The lowest BCUT2D eigenvalue weighted by molar-refractivity contribution is -0.118. The third kappa shape index (κ3) is 5.14. The minimum atomic E-state index is -0.257. The van der Waals surface area contributed by atoms with Gasteiger partial charge < -0.3 is 10.1 Å². The third-order valence-corrected chi connectivity index (χ3v) is 4.55. The maximum Gasteiger partial charge on any atom is 0.262 e. The molecule has 0 aliphatic heterocycles. The second-order valence-corrected chi connectivity index (χ2v) is 7.21. The van der Waals surface area contributed by atoms with Crippen molar-refractivity contribution in [3.8, 4) is 17.3 Å². The van der Waals surface area contributed by atoms with Gasteiger partial charge in [0.1, 0.15) is 0 Å². The van der Waals surface area contributed by atoms with Gasteiger partial charge in [-0.15, -0.1) is 0 Å². The number of aromatic nitrogens is 2. The molecular formula is C21H20BrN3O2. The summed E-state index contributed by atoms with van der Waals surface area (Å²) in [7, 11) is 0. The standard InChI is InChI=1S/C21H20BrN3O2/c1-13-4-7-16(8-5-13)21-23-15(3)11-20(25-21)27-12-19(26)24-18-9-6-14(2)10-17(18)22/h4-11H,12H2,1-3H3,(H,24,26). The molecule has 138 valence electrons. The highest BCUT2D eigenvalue weighted by atomic mass is 79.9. The van der Waals surface area contributed by atoms with Gasteiger partial charge in [0.25, 0.3) is 5.91 Å². The van der Waals surface area contributed by atoms with Crippen LogP contribution in [0.25, 0.3) is 11.4 Å². The molecule has 0 unspecified atom stereocenters. The number of anilines is 1. The molecule has 27 heavy (non-hydrogen) atoms. The number of halogens is 1. The summed E-state index contributed by atoms with van der Waals surface area (Å²) in [6.07, 6.45) is 0. The van der Waals surface area contributed by atoms with Crippen LogP contribution >= 0.6 is 15.9 Å². The maximum atomic E-state index is 12.2. The molecule has 6 heteroatoms. The number of aryl methyl sites for hydroxylation is 3. The van der Waals surface area contributed by atoms with E-state index in [9.17, 15) is 4.79 Å². The van der Waals surface area contributed by atoms with Crippen molar-refractivity contribution in [1.29, 1.82) is 0 Å². The quantitative estimate of drug-likeness (QED) is 0.634. The lowest BCUT2D eigenvalue weighted by Crippen LogP contribution is -2.20. The number of nitrogens with one attached hydrogen (secondary N) is 1. The van der Waals surface area contributed by atoms with Crippen LogP contribution in [-0.4, -0.2) is 22.5 Å². The first-order chi connectivity index (χ1) is 12.9. The lowest BCUT2D eigenvalue weighted by Gasteiger charge is -2.10. The van der Waals surface area contributed by atoms with Crippen molar-refractivity contribution in [3.63, 3.8) is 0 Å². The second kappa shape index (κ2) is 8.31. The monoisotopic (exact) mass is 425 g/mol. The van der Waals surface area contributed by atoms with E-state index in [1.54, 1.807) is 6.07 Å². The summed E-state index contributed by atoms with van der Waals surface area (Å²) in [6.45, 7) is 5.75. The van der Waals surface area contributed by atoms with Gasteiger partial charge in [-0.3, -0.25) is 4.79 Å². The minimum absolute atomic E-state index is 0.135. The zero-order valence-corrected chi connectivity index (χ0v) is 17.0. The van der Waals surface area contributed by atoms with Gasteiger partial charge in [-0.25, -0.2) is 4.98 Å². The van der Waals surface area contributed by atoms with E-state index in [4.69, 9.17) is 4.74 Å². The van der Waals surface area contributed by atoms with E-state index < -0.39 is 0 Å². The van der Waals surface area contributed by atoms with E-state index in [2.05, 4.69) is 31.2 Å². The Labute approximate surface area is 167 Å². The van der Waals surface area contributed by atoms with Crippen molar-refractivity contribution in [2.45, 2.75) is 20.8 Å². The highest BCUT2D eigenvalue weighted by molar-refractivity contribution is 9.10. The van der Waals surface area contributed by atoms with Crippen LogP contribution < -0.4 is 10.1 Å². The molecule has 0 saturated heterocycles. The number of hydrogen-bond acceptors (Lipinski definition) is 4. The molecule has 0 atom stereocenters. The molecule has 1 heterocycles. The minimum Gasteiger partial charge on any atom is -0.467 e. The van der Waals surface area contributed by atoms with Gasteiger partial charge >= 0.3 is 0 Å².